The molecular weight excluding hydrogens is 306 g/mol. The molecule has 2 heterocycles. The zero-order chi connectivity index (χ0) is 16.0. The van der Waals surface area contributed by atoms with Gasteiger partial charge in [0.25, 0.3) is 5.91 Å². The van der Waals surface area contributed by atoms with E-state index in [0.717, 1.165) is 18.7 Å². The van der Waals surface area contributed by atoms with Gasteiger partial charge in [-0.1, -0.05) is 0 Å². The van der Waals surface area contributed by atoms with Gasteiger partial charge in [0.05, 0.1) is 11.5 Å². The molecule has 0 aliphatic carbocycles. The van der Waals surface area contributed by atoms with E-state index in [4.69, 9.17) is 4.74 Å². The Morgan fingerprint density at radius 3 is 3.00 bits per heavy atom. The number of nitrogens with zero attached hydrogens (tertiary/aromatic N) is 1. The van der Waals surface area contributed by atoms with Gasteiger partial charge in [0, 0.05) is 38.2 Å². The van der Waals surface area contributed by atoms with Crippen LogP contribution in [0.2, 0.25) is 0 Å². The SMILES string of the molecule is COCCCNc1ccnc(C(=O)NC2CCS(=O)(=O)C2)c1. The van der Waals surface area contributed by atoms with Gasteiger partial charge >= 0.3 is 0 Å². The molecular formula is C14H21N3O4S. The van der Waals surface area contributed by atoms with Gasteiger partial charge in [-0.05, 0) is 25.0 Å². The number of anilines is 1. The van der Waals surface area contributed by atoms with Crippen LogP contribution in [0.4, 0.5) is 5.69 Å². The predicted molar refractivity (Wildman–Crippen MR) is 83.7 cm³/mol. The maximum absolute atomic E-state index is 12.1. The van der Waals surface area contributed by atoms with E-state index in [2.05, 4.69) is 15.6 Å². The number of ether oxygens (including phenoxy) is 1. The lowest BCUT2D eigenvalue weighted by Gasteiger charge is -2.11. The number of carbonyl (C=O) groups excluding carboxylic acids is 1. The van der Waals surface area contributed by atoms with E-state index in [-0.39, 0.29) is 29.1 Å². The molecule has 122 valence electrons. The third-order valence-corrected chi connectivity index (χ3v) is 5.18. The molecule has 1 fully saturated rings. The Kier molecular flexibility index (Phi) is 5.73. The molecule has 0 bridgehead atoms. The quantitative estimate of drug-likeness (QED) is 0.706. The minimum atomic E-state index is -3.01. The van der Waals surface area contributed by atoms with Gasteiger partial charge in [-0.3, -0.25) is 9.78 Å². The van der Waals surface area contributed by atoms with Crippen molar-refractivity contribution in [1.82, 2.24) is 10.3 Å². The van der Waals surface area contributed by atoms with Crippen molar-refractivity contribution in [2.75, 3.05) is 37.1 Å². The van der Waals surface area contributed by atoms with Crippen molar-refractivity contribution in [3.63, 3.8) is 0 Å². The first-order valence-electron chi connectivity index (χ1n) is 7.20. The lowest BCUT2D eigenvalue weighted by Crippen LogP contribution is -2.36. The van der Waals surface area contributed by atoms with E-state index in [0.29, 0.717) is 13.0 Å². The Hall–Kier alpha value is -1.67. The smallest absolute Gasteiger partial charge is 0.270 e. The van der Waals surface area contributed by atoms with Crippen LogP contribution in [0.15, 0.2) is 18.3 Å². The molecule has 1 aliphatic heterocycles. The highest BCUT2D eigenvalue weighted by molar-refractivity contribution is 7.91. The average molecular weight is 327 g/mol. The molecule has 1 amide bonds. The van der Waals surface area contributed by atoms with Gasteiger partial charge in [0.2, 0.25) is 0 Å². The zero-order valence-electron chi connectivity index (χ0n) is 12.5. The fourth-order valence-corrected chi connectivity index (χ4v) is 3.96. The summed E-state index contributed by atoms with van der Waals surface area (Å²) in [6, 6.07) is 3.12. The molecule has 1 aliphatic rings. The molecule has 0 spiro atoms. The van der Waals surface area contributed by atoms with E-state index in [1.165, 1.54) is 0 Å². The van der Waals surface area contributed by atoms with Crippen molar-refractivity contribution >= 4 is 21.4 Å². The van der Waals surface area contributed by atoms with Gasteiger partial charge in [0.15, 0.2) is 9.84 Å². The normalized spacial score (nSPS) is 19.8. The summed E-state index contributed by atoms with van der Waals surface area (Å²) in [5.74, 6) is -0.206. The highest BCUT2D eigenvalue weighted by atomic mass is 32.2. The van der Waals surface area contributed by atoms with E-state index >= 15 is 0 Å². The van der Waals surface area contributed by atoms with Crippen LogP contribution in [-0.2, 0) is 14.6 Å². The number of aromatic nitrogens is 1. The second-order valence-corrected chi connectivity index (χ2v) is 7.51. The molecule has 0 saturated carbocycles. The first kappa shape index (κ1) is 16.7. The predicted octanol–water partition coefficient (Wildman–Crippen LogP) is 0.447. The molecule has 1 saturated heterocycles. The summed E-state index contributed by atoms with van der Waals surface area (Å²) in [5, 5.41) is 5.91. The molecule has 1 atom stereocenters. The van der Waals surface area contributed by atoms with Gasteiger partial charge in [-0.2, -0.15) is 0 Å². The Morgan fingerprint density at radius 1 is 1.50 bits per heavy atom. The van der Waals surface area contributed by atoms with Crippen LogP contribution >= 0.6 is 0 Å². The number of methoxy groups -OCH3 is 1. The summed E-state index contributed by atoms with van der Waals surface area (Å²) in [5.41, 5.74) is 1.08. The number of hydrogen-bond donors (Lipinski definition) is 2. The lowest BCUT2D eigenvalue weighted by molar-refractivity contribution is 0.0936. The summed E-state index contributed by atoms with van der Waals surface area (Å²) in [7, 11) is -1.36. The fourth-order valence-electron chi connectivity index (χ4n) is 2.28. The van der Waals surface area contributed by atoms with Gasteiger partial charge < -0.3 is 15.4 Å². The van der Waals surface area contributed by atoms with Crippen molar-refractivity contribution in [3.05, 3.63) is 24.0 Å². The molecule has 8 heteroatoms. The molecule has 22 heavy (non-hydrogen) atoms. The third-order valence-electron chi connectivity index (χ3n) is 3.41. The number of sulfone groups is 1. The Bertz CT molecular complexity index is 618. The Balaban J connectivity index is 1.90. The lowest BCUT2D eigenvalue weighted by atomic mass is 10.2. The zero-order valence-corrected chi connectivity index (χ0v) is 13.4. The molecule has 2 rings (SSSR count). The van der Waals surface area contributed by atoms with E-state index in [1.54, 1.807) is 25.4 Å². The first-order valence-corrected chi connectivity index (χ1v) is 9.02. The van der Waals surface area contributed by atoms with Crippen LogP contribution in [0, 0.1) is 0 Å². The Labute approximate surface area is 130 Å². The molecule has 1 aromatic rings. The van der Waals surface area contributed by atoms with Crippen LogP contribution in [0.25, 0.3) is 0 Å². The second kappa shape index (κ2) is 7.55. The summed E-state index contributed by atoms with van der Waals surface area (Å²) < 4.78 is 27.8. The van der Waals surface area contributed by atoms with Crippen molar-refractivity contribution < 1.29 is 17.9 Å². The summed E-state index contributed by atoms with van der Waals surface area (Å²) in [6.07, 6.45) is 2.88. The number of pyridine rings is 1. The number of rotatable bonds is 7. The summed E-state index contributed by atoms with van der Waals surface area (Å²) >= 11 is 0. The van der Waals surface area contributed by atoms with Gasteiger partial charge in [-0.25, -0.2) is 8.42 Å². The summed E-state index contributed by atoms with van der Waals surface area (Å²) in [4.78, 5) is 16.2. The minimum Gasteiger partial charge on any atom is -0.385 e. The van der Waals surface area contributed by atoms with Crippen LogP contribution in [0.1, 0.15) is 23.3 Å². The van der Waals surface area contributed by atoms with E-state index in [9.17, 15) is 13.2 Å². The largest absolute Gasteiger partial charge is 0.385 e. The molecule has 1 aromatic heterocycles. The number of carbonyl (C=O) groups is 1. The molecule has 1 unspecified atom stereocenters. The monoisotopic (exact) mass is 327 g/mol. The topological polar surface area (TPSA) is 97.4 Å². The van der Waals surface area contributed by atoms with Crippen LogP contribution in [0.5, 0.6) is 0 Å². The molecule has 2 N–H and O–H groups in total. The van der Waals surface area contributed by atoms with Gasteiger partial charge in [-0.15, -0.1) is 0 Å². The van der Waals surface area contributed by atoms with Crippen molar-refractivity contribution in [1.29, 1.82) is 0 Å². The van der Waals surface area contributed by atoms with Gasteiger partial charge in [0.1, 0.15) is 5.69 Å². The number of nitrogens with one attached hydrogen (secondary N) is 2. The maximum atomic E-state index is 12.1. The highest BCUT2D eigenvalue weighted by Gasteiger charge is 2.29. The van der Waals surface area contributed by atoms with E-state index < -0.39 is 9.84 Å². The highest BCUT2D eigenvalue weighted by Crippen LogP contribution is 2.13. The molecule has 0 radical (unpaired) electrons. The van der Waals surface area contributed by atoms with Crippen molar-refractivity contribution in [3.8, 4) is 0 Å². The Morgan fingerprint density at radius 2 is 2.32 bits per heavy atom. The van der Waals surface area contributed by atoms with E-state index in [1.807, 2.05) is 0 Å². The molecule has 0 aromatic carbocycles. The second-order valence-electron chi connectivity index (χ2n) is 5.28. The molecule has 7 nitrogen and oxygen atoms in total. The van der Waals surface area contributed by atoms with Crippen molar-refractivity contribution in [2.24, 2.45) is 0 Å². The summed E-state index contributed by atoms with van der Waals surface area (Å²) in [6.45, 7) is 1.40. The number of amides is 1. The van der Waals surface area contributed by atoms with Crippen LogP contribution in [0.3, 0.4) is 0 Å². The third kappa shape index (κ3) is 4.96. The first-order chi connectivity index (χ1) is 10.5. The fraction of sp³-hybridized carbons (Fsp3) is 0.571. The van der Waals surface area contributed by atoms with Crippen LogP contribution in [-0.4, -0.2) is 57.1 Å². The maximum Gasteiger partial charge on any atom is 0.270 e. The number of hydrogen-bond acceptors (Lipinski definition) is 6. The average Bonchev–Trinajstić information content (AvgIpc) is 2.83. The van der Waals surface area contributed by atoms with Crippen LogP contribution < -0.4 is 10.6 Å². The minimum absolute atomic E-state index is 0.00764. The van der Waals surface area contributed by atoms with Crippen molar-refractivity contribution in [2.45, 2.75) is 18.9 Å². The standard InChI is InChI=1S/C14H21N3O4S/c1-21-7-2-5-15-11-3-6-16-13(9-11)14(18)17-12-4-8-22(19,20)10-12/h3,6,9,12H,2,4-5,7-8,10H2,1H3,(H,15,16)(H,17,18).